The molecule has 0 spiro atoms. The van der Waals surface area contributed by atoms with Crippen LogP contribution in [0.1, 0.15) is 6.92 Å². The van der Waals surface area contributed by atoms with Crippen molar-refractivity contribution in [3.63, 3.8) is 0 Å². The maximum atomic E-state index is 11.2. The van der Waals surface area contributed by atoms with Gasteiger partial charge in [-0.25, -0.2) is 5.01 Å². The van der Waals surface area contributed by atoms with Crippen molar-refractivity contribution in [1.82, 2.24) is 5.01 Å². The van der Waals surface area contributed by atoms with Gasteiger partial charge in [-0.05, 0) is 6.92 Å². The molecule has 0 bridgehead atoms. The highest BCUT2D eigenvalue weighted by atomic mass is 16.5. The summed E-state index contributed by atoms with van der Waals surface area (Å²) in [5.41, 5.74) is 1.22. The average molecular weight is 154 g/mol. The molecule has 4 heteroatoms. The molecule has 1 amide bonds. The van der Waals surface area contributed by atoms with Crippen molar-refractivity contribution in [2.75, 3.05) is 14.2 Å². The molecule has 1 heterocycles. The van der Waals surface area contributed by atoms with Crippen LogP contribution in [0.15, 0.2) is 16.9 Å². The number of hydrazone groups is 1. The lowest BCUT2D eigenvalue weighted by Crippen LogP contribution is -2.16. The van der Waals surface area contributed by atoms with Gasteiger partial charge in [0.1, 0.15) is 0 Å². The Morgan fingerprint density at radius 3 is 2.64 bits per heavy atom. The molecular weight excluding hydrogens is 144 g/mol. The normalized spacial score (nSPS) is 21.0. The molecule has 1 rings (SSSR count). The minimum atomic E-state index is -0.121. The van der Waals surface area contributed by atoms with Crippen LogP contribution < -0.4 is 0 Å². The van der Waals surface area contributed by atoms with Gasteiger partial charge in [0.15, 0.2) is 0 Å². The monoisotopic (exact) mass is 154 g/mol. The third-order valence-corrected chi connectivity index (χ3v) is 1.45. The highest BCUT2D eigenvalue weighted by Crippen LogP contribution is 2.11. The Hall–Kier alpha value is -1.32. The van der Waals surface area contributed by atoms with Gasteiger partial charge in [-0.1, -0.05) is 0 Å². The minimum absolute atomic E-state index is 0.121. The molecule has 0 aromatic rings. The van der Waals surface area contributed by atoms with Gasteiger partial charge in [-0.15, -0.1) is 0 Å². The minimum Gasteiger partial charge on any atom is -0.503 e. The Morgan fingerprint density at radius 1 is 1.64 bits per heavy atom. The highest BCUT2D eigenvalue weighted by molar-refractivity contribution is 6.23. The molecule has 60 valence electrons. The number of carbonyl (C=O) groups is 1. The lowest BCUT2D eigenvalue weighted by Gasteiger charge is -2.00. The van der Waals surface area contributed by atoms with Crippen molar-refractivity contribution >= 4 is 11.6 Å². The van der Waals surface area contributed by atoms with E-state index in [1.165, 1.54) is 18.4 Å². The van der Waals surface area contributed by atoms with Crippen LogP contribution in [0, 0.1) is 0 Å². The zero-order valence-electron chi connectivity index (χ0n) is 6.79. The first-order chi connectivity index (χ1) is 5.16. The zero-order valence-corrected chi connectivity index (χ0v) is 6.79. The summed E-state index contributed by atoms with van der Waals surface area (Å²) in [6, 6.07) is 0. The second-order valence-electron chi connectivity index (χ2n) is 2.28. The van der Waals surface area contributed by atoms with Crippen LogP contribution in [0.3, 0.4) is 0 Å². The first-order valence-corrected chi connectivity index (χ1v) is 3.23. The molecule has 1 aliphatic heterocycles. The van der Waals surface area contributed by atoms with Crippen LogP contribution in [-0.4, -0.2) is 30.8 Å². The smallest absolute Gasteiger partial charge is 0.278 e. The molecule has 0 aromatic carbocycles. The molecule has 0 radical (unpaired) electrons. The molecule has 0 aromatic heterocycles. The first-order valence-electron chi connectivity index (χ1n) is 3.23. The summed E-state index contributed by atoms with van der Waals surface area (Å²) in [5, 5.41) is 5.21. The number of hydrogen-bond donors (Lipinski definition) is 0. The Labute approximate surface area is 65.1 Å². The van der Waals surface area contributed by atoms with Crippen molar-refractivity contribution < 1.29 is 9.53 Å². The molecule has 0 saturated carbocycles. The van der Waals surface area contributed by atoms with Gasteiger partial charge >= 0.3 is 0 Å². The number of methoxy groups -OCH3 is 1. The molecule has 0 aliphatic carbocycles. The quantitative estimate of drug-likeness (QED) is 0.404. The maximum Gasteiger partial charge on any atom is 0.278 e. The van der Waals surface area contributed by atoms with Crippen LogP contribution in [-0.2, 0) is 9.53 Å². The summed E-state index contributed by atoms with van der Waals surface area (Å²) >= 11 is 0. The van der Waals surface area contributed by atoms with E-state index in [0.717, 1.165) is 0 Å². The Balaban J connectivity index is 2.92. The zero-order chi connectivity index (χ0) is 8.43. The van der Waals surface area contributed by atoms with Crippen molar-refractivity contribution in [3.05, 3.63) is 11.8 Å². The number of amides is 1. The van der Waals surface area contributed by atoms with Gasteiger partial charge in [-0.2, -0.15) is 5.10 Å². The molecule has 0 saturated heterocycles. The van der Waals surface area contributed by atoms with E-state index in [1.54, 1.807) is 14.0 Å². The van der Waals surface area contributed by atoms with Crippen molar-refractivity contribution in [1.29, 1.82) is 0 Å². The van der Waals surface area contributed by atoms with E-state index in [0.29, 0.717) is 11.3 Å². The summed E-state index contributed by atoms with van der Waals surface area (Å²) in [7, 11) is 3.12. The van der Waals surface area contributed by atoms with Gasteiger partial charge < -0.3 is 4.74 Å². The van der Waals surface area contributed by atoms with E-state index in [1.807, 2.05) is 0 Å². The van der Waals surface area contributed by atoms with E-state index >= 15 is 0 Å². The Bertz CT molecular complexity index is 243. The second kappa shape index (κ2) is 2.74. The number of ether oxygens (including phenoxy) is 1. The summed E-state index contributed by atoms with van der Waals surface area (Å²) in [6.07, 6.45) is 1.41. The third kappa shape index (κ3) is 1.24. The summed E-state index contributed by atoms with van der Waals surface area (Å²) in [6.45, 7) is 1.77. The standard InChI is InChI=1S/C7H10N2O2/c1-5-6(4-11-3)7(10)9(2)8-5/h4H,1-3H3/b6-4+. The predicted octanol–water partition coefficient (Wildman–Crippen LogP) is 0.365. The average Bonchev–Trinajstić information content (AvgIpc) is 2.17. The van der Waals surface area contributed by atoms with Crippen molar-refractivity contribution in [3.8, 4) is 0 Å². The van der Waals surface area contributed by atoms with E-state index in [-0.39, 0.29) is 5.91 Å². The fourth-order valence-electron chi connectivity index (χ4n) is 0.907. The lowest BCUT2D eigenvalue weighted by atomic mass is 10.2. The number of carbonyl (C=O) groups excluding carboxylic acids is 1. The van der Waals surface area contributed by atoms with Gasteiger partial charge in [-0.3, -0.25) is 4.79 Å². The Kier molecular flexibility index (Phi) is 1.94. The maximum absolute atomic E-state index is 11.2. The molecule has 0 N–H and O–H groups in total. The van der Waals surface area contributed by atoms with Crippen molar-refractivity contribution in [2.24, 2.45) is 5.10 Å². The number of likely N-dealkylation sites (N-methyl/N-ethyl adjacent to an activating group) is 1. The fourth-order valence-corrected chi connectivity index (χ4v) is 0.907. The predicted molar refractivity (Wildman–Crippen MR) is 41.0 cm³/mol. The molecule has 11 heavy (non-hydrogen) atoms. The van der Waals surface area contributed by atoms with Crippen LogP contribution in [0.4, 0.5) is 0 Å². The van der Waals surface area contributed by atoms with E-state index in [9.17, 15) is 4.79 Å². The number of hydrogen-bond acceptors (Lipinski definition) is 3. The second-order valence-corrected chi connectivity index (χ2v) is 2.28. The molecule has 0 atom stereocenters. The van der Waals surface area contributed by atoms with Crippen LogP contribution in [0.5, 0.6) is 0 Å². The van der Waals surface area contributed by atoms with E-state index in [2.05, 4.69) is 5.10 Å². The summed E-state index contributed by atoms with van der Waals surface area (Å²) < 4.78 is 4.72. The molecule has 1 aliphatic rings. The number of rotatable bonds is 1. The van der Waals surface area contributed by atoms with Gasteiger partial charge in [0.2, 0.25) is 0 Å². The first kappa shape index (κ1) is 7.78. The van der Waals surface area contributed by atoms with Crippen LogP contribution in [0.2, 0.25) is 0 Å². The molecule has 0 fully saturated rings. The molecule has 4 nitrogen and oxygen atoms in total. The van der Waals surface area contributed by atoms with Gasteiger partial charge in [0.25, 0.3) is 5.91 Å². The van der Waals surface area contributed by atoms with Crippen LogP contribution >= 0.6 is 0 Å². The van der Waals surface area contributed by atoms with E-state index < -0.39 is 0 Å². The Morgan fingerprint density at radius 2 is 2.27 bits per heavy atom. The molecular formula is C7H10N2O2. The van der Waals surface area contributed by atoms with Gasteiger partial charge in [0.05, 0.1) is 24.7 Å². The molecule has 0 unspecified atom stereocenters. The summed E-state index contributed by atoms with van der Waals surface area (Å²) in [4.78, 5) is 11.2. The van der Waals surface area contributed by atoms with Gasteiger partial charge in [0, 0.05) is 7.05 Å². The van der Waals surface area contributed by atoms with E-state index in [4.69, 9.17) is 4.74 Å². The highest BCUT2D eigenvalue weighted by Gasteiger charge is 2.24. The van der Waals surface area contributed by atoms with Crippen molar-refractivity contribution in [2.45, 2.75) is 6.92 Å². The SMILES string of the molecule is CO/C=C1/C(=O)N(C)N=C1C. The largest absolute Gasteiger partial charge is 0.503 e. The lowest BCUT2D eigenvalue weighted by molar-refractivity contribution is -0.124. The van der Waals surface area contributed by atoms with Crippen LogP contribution in [0.25, 0.3) is 0 Å². The third-order valence-electron chi connectivity index (χ3n) is 1.45. The summed E-state index contributed by atoms with van der Waals surface area (Å²) in [5.74, 6) is -0.121. The topological polar surface area (TPSA) is 41.9 Å². The fraction of sp³-hybridized carbons (Fsp3) is 0.429. The number of nitrogens with zero attached hydrogens (tertiary/aromatic N) is 2.